The third-order valence-electron chi connectivity index (χ3n) is 3.16. The number of carbonyl (C=O) groups excluding carboxylic acids is 3. The van der Waals surface area contributed by atoms with E-state index in [2.05, 4.69) is 0 Å². The fourth-order valence-corrected chi connectivity index (χ4v) is 2.17. The van der Waals surface area contributed by atoms with Crippen molar-refractivity contribution in [3.63, 3.8) is 0 Å². The van der Waals surface area contributed by atoms with Crippen molar-refractivity contribution in [2.24, 2.45) is 5.92 Å². The average molecular weight is 239 g/mol. The smallest absolute Gasteiger partial charge is 0.223 e. The molecule has 0 N–H and O–H groups in total. The highest BCUT2D eigenvalue weighted by Crippen LogP contribution is 2.22. The zero-order chi connectivity index (χ0) is 13.0. The van der Waals surface area contributed by atoms with Crippen LogP contribution in [0.15, 0.2) is 0 Å². The molecule has 1 heterocycles. The molecule has 1 atom stereocenters. The number of ketones is 2. The number of Topliss-reactive ketones (excluding diaryl/α,β-unsaturated/α-hetero) is 2. The van der Waals surface area contributed by atoms with Gasteiger partial charge in [-0.15, -0.1) is 0 Å². The summed E-state index contributed by atoms with van der Waals surface area (Å²) in [6, 6.07) is -0.255. The van der Waals surface area contributed by atoms with Crippen LogP contribution >= 0.6 is 0 Å². The van der Waals surface area contributed by atoms with Crippen molar-refractivity contribution < 1.29 is 14.4 Å². The minimum absolute atomic E-state index is 0.0179. The Morgan fingerprint density at radius 1 is 1.24 bits per heavy atom. The van der Waals surface area contributed by atoms with Crippen molar-refractivity contribution in [1.82, 2.24) is 4.90 Å². The number of hydrogen-bond acceptors (Lipinski definition) is 3. The molecule has 1 unspecified atom stereocenters. The van der Waals surface area contributed by atoms with Crippen LogP contribution in [0.2, 0.25) is 0 Å². The van der Waals surface area contributed by atoms with E-state index in [0.29, 0.717) is 6.54 Å². The summed E-state index contributed by atoms with van der Waals surface area (Å²) < 4.78 is 0. The van der Waals surface area contributed by atoms with Gasteiger partial charge >= 0.3 is 0 Å². The first-order chi connectivity index (χ1) is 7.93. The second-order valence-corrected chi connectivity index (χ2v) is 5.00. The summed E-state index contributed by atoms with van der Waals surface area (Å²) in [5.41, 5.74) is 0. The van der Waals surface area contributed by atoms with Gasteiger partial charge in [-0.3, -0.25) is 9.59 Å². The number of carbonyl (C=O) groups is 3. The van der Waals surface area contributed by atoms with Crippen LogP contribution in [0.4, 0.5) is 0 Å². The van der Waals surface area contributed by atoms with Crippen LogP contribution in [0.25, 0.3) is 0 Å². The number of likely N-dealkylation sites (tertiary alicyclic amines) is 1. The second kappa shape index (κ2) is 5.94. The zero-order valence-corrected chi connectivity index (χ0v) is 10.9. The lowest BCUT2D eigenvalue weighted by atomic mass is 9.99. The number of hydrogen-bond donors (Lipinski definition) is 0. The summed E-state index contributed by atoms with van der Waals surface area (Å²) >= 11 is 0. The Kier molecular flexibility index (Phi) is 4.85. The van der Waals surface area contributed by atoms with Gasteiger partial charge in [-0.1, -0.05) is 13.8 Å². The SMILES string of the molecule is CC(=O)CCC(=O)N1CCCC1C(=O)C(C)C. The van der Waals surface area contributed by atoms with Crippen molar-refractivity contribution in [2.75, 3.05) is 6.54 Å². The standard InChI is InChI=1S/C13H21NO3/c1-9(2)13(17)11-5-4-8-14(11)12(16)7-6-10(3)15/h9,11H,4-8H2,1-3H3. The maximum Gasteiger partial charge on any atom is 0.223 e. The van der Waals surface area contributed by atoms with E-state index in [-0.39, 0.29) is 42.3 Å². The van der Waals surface area contributed by atoms with Gasteiger partial charge in [-0.2, -0.15) is 0 Å². The fraction of sp³-hybridized carbons (Fsp3) is 0.769. The maximum absolute atomic E-state index is 11.9. The maximum atomic E-state index is 11.9. The Labute approximate surface area is 102 Å². The van der Waals surface area contributed by atoms with Crippen molar-refractivity contribution in [1.29, 1.82) is 0 Å². The van der Waals surface area contributed by atoms with Crippen molar-refractivity contribution in [2.45, 2.75) is 52.5 Å². The molecule has 96 valence electrons. The van der Waals surface area contributed by atoms with Crippen molar-refractivity contribution in [3.8, 4) is 0 Å². The van der Waals surface area contributed by atoms with E-state index in [9.17, 15) is 14.4 Å². The molecule has 17 heavy (non-hydrogen) atoms. The van der Waals surface area contributed by atoms with E-state index < -0.39 is 0 Å². The first-order valence-electron chi connectivity index (χ1n) is 6.26. The van der Waals surface area contributed by atoms with Crippen LogP contribution in [0, 0.1) is 5.92 Å². The molecule has 1 aliphatic rings. The molecule has 0 aromatic heterocycles. The Balaban J connectivity index is 2.59. The molecule has 1 aliphatic heterocycles. The molecule has 0 saturated carbocycles. The molecular formula is C13H21NO3. The largest absolute Gasteiger partial charge is 0.333 e. The van der Waals surface area contributed by atoms with E-state index >= 15 is 0 Å². The van der Waals surface area contributed by atoms with Gasteiger partial charge < -0.3 is 9.69 Å². The molecule has 1 rings (SSSR count). The first-order valence-corrected chi connectivity index (χ1v) is 6.26. The highest BCUT2D eigenvalue weighted by atomic mass is 16.2. The van der Waals surface area contributed by atoms with Gasteiger partial charge in [0, 0.05) is 25.3 Å². The monoisotopic (exact) mass is 239 g/mol. The topological polar surface area (TPSA) is 54.5 Å². The molecule has 1 saturated heterocycles. The summed E-state index contributed by atoms with van der Waals surface area (Å²) in [4.78, 5) is 36.4. The first kappa shape index (κ1) is 13.9. The highest BCUT2D eigenvalue weighted by Gasteiger charge is 2.34. The van der Waals surface area contributed by atoms with Gasteiger partial charge in [0.2, 0.25) is 5.91 Å². The third kappa shape index (κ3) is 3.65. The average Bonchev–Trinajstić information content (AvgIpc) is 2.73. The summed E-state index contributed by atoms with van der Waals surface area (Å²) in [5.74, 6) is 0.0564. The lowest BCUT2D eigenvalue weighted by molar-refractivity contribution is -0.139. The van der Waals surface area contributed by atoms with E-state index in [0.717, 1.165) is 12.8 Å². The van der Waals surface area contributed by atoms with E-state index in [1.54, 1.807) is 4.90 Å². The van der Waals surface area contributed by atoms with Gasteiger partial charge in [0.1, 0.15) is 5.78 Å². The van der Waals surface area contributed by atoms with Crippen molar-refractivity contribution >= 4 is 17.5 Å². The molecule has 4 heteroatoms. The molecule has 1 amide bonds. The molecule has 0 radical (unpaired) electrons. The third-order valence-corrected chi connectivity index (χ3v) is 3.16. The fourth-order valence-electron chi connectivity index (χ4n) is 2.17. The van der Waals surface area contributed by atoms with Crippen LogP contribution < -0.4 is 0 Å². The van der Waals surface area contributed by atoms with E-state index in [4.69, 9.17) is 0 Å². The Morgan fingerprint density at radius 3 is 2.41 bits per heavy atom. The lowest BCUT2D eigenvalue weighted by Gasteiger charge is -2.24. The molecular weight excluding hydrogens is 218 g/mol. The molecule has 0 aliphatic carbocycles. The number of nitrogens with zero attached hydrogens (tertiary/aromatic N) is 1. The van der Waals surface area contributed by atoms with E-state index in [1.165, 1.54) is 6.92 Å². The Morgan fingerprint density at radius 2 is 1.88 bits per heavy atom. The summed E-state index contributed by atoms with van der Waals surface area (Å²) in [5, 5.41) is 0. The summed E-state index contributed by atoms with van der Waals surface area (Å²) in [6.45, 7) is 5.85. The van der Waals surface area contributed by atoms with Gasteiger partial charge in [-0.25, -0.2) is 0 Å². The molecule has 0 bridgehead atoms. The molecule has 0 aromatic rings. The minimum Gasteiger partial charge on any atom is -0.333 e. The normalized spacial score (nSPS) is 19.8. The van der Waals surface area contributed by atoms with Gasteiger partial charge in [0.15, 0.2) is 5.78 Å². The number of rotatable bonds is 5. The predicted molar refractivity (Wildman–Crippen MR) is 64.5 cm³/mol. The zero-order valence-electron chi connectivity index (χ0n) is 10.9. The quantitative estimate of drug-likeness (QED) is 0.731. The highest BCUT2D eigenvalue weighted by molar-refractivity contribution is 5.91. The summed E-state index contributed by atoms with van der Waals surface area (Å²) in [7, 11) is 0. The molecule has 0 spiro atoms. The van der Waals surface area contributed by atoms with Crippen LogP contribution in [-0.2, 0) is 14.4 Å². The van der Waals surface area contributed by atoms with E-state index in [1.807, 2.05) is 13.8 Å². The molecule has 0 aromatic carbocycles. The Bertz CT molecular complexity index is 323. The lowest BCUT2D eigenvalue weighted by Crippen LogP contribution is -2.42. The predicted octanol–water partition coefficient (Wildman–Crippen LogP) is 1.57. The van der Waals surface area contributed by atoms with Gasteiger partial charge in [-0.05, 0) is 19.8 Å². The van der Waals surface area contributed by atoms with Crippen molar-refractivity contribution in [3.05, 3.63) is 0 Å². The van der Waals surface area contributed by atoms with Crippen LogP contribution in [-0.4, -0.2) is 35.0 Å². The van der Waals surface area contributed by atoms with Gasteiger partial charge in [0.25, 0.3) is 0 Å². The second-order valence-electron chi connectivity index (χ2n) is 5.00. The minimum atomic E-state index is -0.255. The van der Waals surface area contributed by atoms with Gasteiger partial charge in [0.05, 0.1) is 6.04 Å². The van der Waals surface area contributed by atoms with Crippen LogP contribution in [0.5, 0.6) is 0 Å². The molecule has 1 fully saturated rings. The van der Waals surface area contributed by atoms with Crippen LogP contribution in [0.1, 0.15) is 46.5 Å². The summed E-state index contributed by atoms with van der Waals surface area (Å²) in [6.07, 6.45) is 2.16. The number of amides is 1. The molecule has 4 nitrogen and oxygen atoms in total. The van der Waals surface area contributed by atoms with Crippen LogP contribution in [0.3, 0.4) is 0 Å². The Hall–Kier alpha value is -1.19.